The molecule has 8 nitrogen and oxygen atoms in total. The smallest absolute Gasteiger partial charge is 2.00 e. The van der Waals surface area contributed by atoms with Gasteiger partial charge >= 0.3 is 106 Å². The summed E-state index contributed by atoms with van der Waals surface area (Å²) in [5, 5.41) is 0. The Bertz CT molecular complexity index is 213. The second kappa shape index (κ2) is 9.21. The maximum absolute atomic E-state index is 8.59. The van der Waals surface area contributed by atoms with Crippen molar-refractivity contribution in [2.75, 3.05) is 0 Å². The minimum absolute atomic E-state index is 0. The van der Waals surface area contributed by atoms with Crippen molar-refractivity contribution in [3.8, 4) is 0 Å². The van der Waals surface area contributed by atoms with E-state index in [1.54, 1.807) is 0 Å². The van der Waals surface area contributed by atoms with Crippen molar-refractivity contribution in [3.05, 3.63) is 0 Å². The summed E-state index contributed by atoms with van der Waals surface area (Å²) >= 11 is -11.5. The van der Waals surface area contributed by atoms with Gasteiger partial charge < -0.3 is 0 Å². The van der Waals surface area contributed by atoms with Crippen LogP contribution >= 0.6 is 0 Å². The molecule has 0 saturated carbocycles. The third-order valence-corrected chi connectivity index (χ3v) is 0. The van der Waals surface area contributed by atoms with Crippen LogP contribution in [-0.4, -0.2) is 0 Å². The summed E-state index contributed by atoms with van der Waals surface area (Å²) in [6.07, 6.45) is 0. The number of hydrogen-bond donors (Lipinski definition) is 0. The predicted octanol–water partition coefficient (Wildman–Crippen LogP) is -5.24. The van der Waals surface area contributed by atoms with E-state index in [0.29, 0.717) is 0 Å². The standard InChI is InChI=1S/Cd.2Cr.8O.Zn/q+2;;;;;;;4*-1;+2. The van der Waals surface area contributed by atoms with Crippen molar-refractivity contribution in [2.45, 2.75) is 0 Å². The van der Waals surface area contributed by atoms with Gasteiger partial charge in [-0.3, -0.25) is 0 Å². The quantitative estimate of drug-likeness (QED) is 0.358. The molecule has 0 atom stereocenters. The van der Waals surface area contributed by atoms with Gasteiger partial charge in [-0.2, -0.15) is 0 Å². The van der Waals surface area contributed by atoms with E-state index < -0.39 is 27.2 Å². The van der Waals surface area contributed by atoms with Gasteiger partial charge in [0.05, 0.1) is 0 Å². The van der Waals surface area contributed by atoms with Gasteiger partial charge in [0.1, 0.15) is 0 Å². The van der Waals surface area contributed by atoms with Gasteiger partial charge in [-0.1, -0.05) is 0 Å². The first kappa shape index (κ1) is 23.5. The molecule has 12 heavy (non-hydrogen) atoms. The predicted molar refractivity (Wildman–Crippen MR) is 2.75 cm³/mol. The van der Waals surface area contributed by atoms with Crippen molar-refractivity contribution >= 4 is 0 Å². The number of hydrogen-bond acceptors (Lipinski definition) is 8. The van der Waals surface area contributed by atoms with Crippen LogP contribution in [0.1, 0.15) is 0 Å². The Morgan fingerprint density at radius 3 is 0.667 bits per heavy atom. The van der Waals surface area contributed by atoms with E-state index in [9.17, 15) is 0 Å². The van der Waals surface area contributed by atoms with E-state index in [2.05, 4.69) is 0 Å². The van der Waals surface area contributed by atoms with Crippen molar-refractivity contribution in [3.63, 3.8) is 0 Å². The topological polar surface area (TPSA) is 161 Å². The average molecular weight is 410 g/mol. The van der Waals surface area contributed by atoms with E-state index in [1.165, 1.54) is 0 Å². The van der Waals surface area contributed by atoms with Crippen LogP contribution in [0.15, 0.2) is 0 Å². The van der Waals surface area contributed by atoms with Crippen molar-refractivity contribution in [2.24, 2.45) is 0 Å². The molecule has 0 aliphatic rings. The zero-order chi connectivity index (χ0) is 9.00. The van der Waals surface area contributed by atoms with Crippen LogP contribution in [0.25, 0.3) is 0 Å². The van der Waals surface area contributed by atoms with Gasteiger partial charge in [-0.15, -0.1) is 0 Å². The monoisotopic (exact) mass is 410 g/mol. The molecule has 0 spiro atoms. The molecular formula is CdCr2O8Zn. The Hall–Kier alpha value is 1.65. The first-order valence-corrected chi connectivity index (χ1v) is 5.50. The third kappa shape index (κ3) is 485. The molecule has 0 aromatic rings. The molecular weight excluding hydrogens is 410 g/mol. The Labute approximate surface area is 105 Å². The van der Waals surface area contributed by atoms with Gasteiger partial charge in [0, 0.05) is 0 Å². The molecule has 0 radical (unpaired) electrons. The maximum atomic E-state index is 8.59. The summed E-state index contributed by atoms with van der Waals surface area (Å²) < 4.78 is 68.8. The minimum atomic E-state index is -5.75. The second-order valence-electron chi connectivity index (χ2n) is 0.816. The molecule has 0 aliphatic carbocycles. The molecule has 64 valence electrons. The molecule has 0 aromatic carbocycles. The van der Waals surface area contributed by atoms with Gasteiger partial charge in [-0.25, -0.2) is 0 Å². The first-order chi connectivity index (χ1) is 4.00. The van der Waals surface area contributed by atoms with Gasteiger partial charge in [0.25, 0.3) is 0 Å². The Kier molecular flexibility index (Phi) is 18.0. The maximum Gasteiger partial charge on any atom is 2.00 e. The molecule has 0 bridgehead atoms. The Balaban J connectivity index is -0.0000000457. The van der Waals surface area contributed by atoms with Crippen LogP contribution in [0.2, 0.25) is 0 Å². The zero-order valence-electron chi connectivity index (χ0n) is 5.50. The normalized spacial score (nSPS) is 9.67. The van der Waals surface area contributed by atoms with E-state index in [1.807, 2.05) is 0 Å². The van der Waals surface area contributed by atoms with Crippen molar-refractivity contribution < 1.29 is 106 Å². The Morgan fingerprint density at radius 2 is 0.667 bits per heavy atom. The molecule has 0 N–H and O–H groups in total. The molecule has 0 unspecified atom stereocenters. The summed E-state index contributed by atoms with van der Waals surface area (Å²) in [4.78, 5) is 0. The zero-order valence-corrected chi connectivity index (χ0v) is 15.1. The summed E-state index contributed by atoms with van der Waals surface area (Å²) in [7, 11) is 0. The van der Waals surface area contributed by atoms with Crippen molar-refractivity contribution in [1.82, 2.24) is 0 Å². The fourth-order valence-electron chi connectivity index (χ4n) is 0. The van der Waals surface area contributed by atoms with Crippen LogP contribution < -0.4 is 16.6 Å². The van der Waals surface area contributed by atoms with Crippen LogP contribution in [-0.2, 0) is 89.2 Å². The van der Waals surface area contributed by atoms with E-state index in [0.717, 1.165) is 0 Å². The molecule has 12 heteroatoms. The molecule has 0 aromatic heterocycles. The molecule has 0 rings (SSSR count). The van der Waals surface area contributed by atoms with E-state index in [-0.39, 0.29) is 46.8 Å². The SMILES string of the molecule is [Cd+2].[O]=[Cr](=[O])([O-])[O-].[O]=[Cr](=[O])([O-])[O-].[Zn+2]. The molecule has 0 saturated heterocycles. The van der Waals surface area contributed by atoms with Crippen LogP contribution in [0.3, 0.4) is 0 Å². The summed E-state index contributed by atoms with van der Waals surface area (Å²) in [5.41, 5.74) is 0. The van der Waals surface area contributed by atoms with Crippen LogP contribution in [0.4, 0.5) is 0 Å². The minimum Gasteiger partial charge on any atom is 2.00 e. The average Bonchev–Trinajstić information content (AvgIpc) is 1.12. The third-order valence-electron chi connectivity index (χ3n) is 0. The van der Waals surface area contributed by atoms with E-state index >= 15 is 0 Å². The molecule has 0 heterocycles. The summed E-state index contributed by atoms with van der Waals surface area (Å²) in [6, 6.07) is 0. The molecule has 0 aliphatic heterocycles. The Morgan fingerprint density at radius 1 is 0.667 bits per heavy atom. The van der Waals surface area contributed by atoms with Crippen LogP contribution in [0, 0.1) is 0 Å². The van der Waals surface area contributed by atoms with Gasteiger partial charge in [-0.05, 0) is 0 Å². The molecule has 0 amide bonds. The second-order valence-corrected chi connectivity index (χ2v) is 3.37. The fourth-order valence-corrected chi connectivity index (χ4v) is 0. The summed E-state index contributed by atoms with van der Waals surface area (Å²) in [6.45, 7) is 0. The van der Waals surface area contributed by atoms with Crippen molar-refractivity contribution in [1.29, 1.82) is 0 Å². The fraction of sp³-hybridized carbons (Fsp3) is 0. The van der Waals surface area contributed by atoms with Gasteiger partial charge in [0.15, 0.2) is 0 Å². The number of rotatable bonds is 0. The largest absolute Gasteiger partial charge is 2.00 e. The van der Waals surface area contributed by atoms with E-state index in [4.69, 9.17) is 31.8 Å². The van der Waals surface area contributed by atoms with Gasteiger partial charge in [0.2, 0.25) is 0 Å². The van der Waals surface area contributed by atoms with Crippen LogP contribution in [0.5, 0.6) is 0 Å². The first-order valence-electron chi connectivity index (χ1n) is 1.33. The summed E-state index contributed by atoms with van der Waals surface area (Å²) in [5.74, 6) is 0. The molecule has 0 fully saturated rings.